The van der Waals surface area contributed by atoms with Gasteiger partial charge in [0.15, 0.2) is 5.82 Å². The van der Waals surface area contributed by atoms with Crippen molar-refractivity contribution in [1.82, 2.24) is 9.27 Å². The Bertz CT molecular complexity index is 1310. The van der Waals surface area contributed by atoms with Crippen molar-refractivity contribution in [3.63, 3.8) is 0 Å². The summed E-state index contributed by atoms with van der Waals surface area (Å²) in [6.07, 6.45) is 1.31. The molecule has 0 spiro atoms. The largest absolute Gasteiger partial charge is 0.369 e. The molecule has 1 aliphatic heterocycles. The molecule has 1 amide bonds. The second kappa shape index (κ2) is 7.38. The zero-order valence-electron chi connectivity index (χ0n) is 15.9. The van der Waals surface area contributed by atoms with Gasteiger partial charge < -0.3 is 10.2 Å². The molecule has 2 heterocycles. The molecule has 7 heteroatoms. The minimum absolute atomic E-state index is 0.0870. The number of likely N-dealkylation sites (tertiary alicyclic amines) is 1. The van der Waals surface area contributed by atoms with Gasteiger partial charge in [0.2, 0.25) is 5.91 Å². The first-order valence-electron chi connectivity index (χ1n) is 9.50. The minimum atomic E-state index is -0.421. The highest BCUT2D eigenvalue weighted by atomic mass is 35.5. The van der Waals surface area contributed by atoms with Crippen molar-refractivity contribution in [2.24, 2.45) is 0 Å². The Morgan fingerprint density at radius 2 is 2.00 bits per heavy atom. The number of rotatable bonds is 4. The third-order valence-corrected chi connectivity index (χ3v) is 6.52. The molecule has 1 aliphatic rings. The Balaban J connectivity index is 1.53. The van der Waals surface area contributed by atoms with Gasteiger partial charge >= 0.3 is 0 Å². The molecule has 150 valence electrons. The molecule has 1 fully saturated rings. The molecule has 4 nitrogen and oxygen atoms in total. The molecule has 0 bridgehead atoms. The van der Waals surface area contributed by atoms with E-state index in [1.165, 1.54) is 17.6 Å². The van der Waals surface area contributed by atoms with Crippen LogP contribution in [0.15, 0.2) is 61.2 Å². The SMILES string of the molecule is C=CC(=O)N1CC(Nc2snc3c(F)c(-c4cccc5ccccc45)c(Cl)cc23)C1. The molecule has 0 aliphatic carbocycles. The zero-order valence-corrected chi connectivity index (χ0v) is 17.4. The number of amides is 1. The number of aromatic nitrogens is 1. The molecule has 1 aromatic heterocycles. The maximum absolute atomic E-state index is 15.6. The molecule has 0 atom stereocenters. The summed E-state index contributed by atoms with van der Waals surface area (Å²) >= 11 is 7.79. The van der Waals surface area contributed by atoms with Crippen LogP contribution in [0, 0.1) is 5.82 Å². The summed E-state index contributed by atoms with van der Waals surface area (Å²) in [7, 11) is 0. The van der Waals surface area contributed by atoms with Gasteiger partial charge in [-0.1, -0.05) is 60.6 Å². The Hall–Kier alpha value is -2.96. The Morgan fingerprint density at radius 1 is 1.23 bits per heavy atom. The molecule has 0 radical (unpaired) electrons. The van der Waals surface area contributed by atoms with E-state index in [9.17, 15) is 4.79 Å². The summed E-state index contributed by atoms with van der Waals surface area (Å²) in [4.78, 5) is 13.3. The third kappa shape index (κ3) is 3.04. The van der Waals surface area contributed by atoms with Crippen molar-refractivity contribution in [2.45, 2.75) is 6.04 Å². The lowest BCUT2D eigenvalue weighted by atomic mass is 9.97. The molecule has 1 N–H and O–H groups in total. The van der Waals surface area contributed by atoms with Crippen LogP contribution in [0.1, 0.15) is 0 Å². The first kappa shape index (κ1) is 19.0. The molecular formula is C23H17ClFN3OS. The summed E-state index contributed by atoms with van der Waals surface area (Å²) in [6, 6.07) is 15.5. The number of hydrogen-bond acceptors (Lipinski definition) is 4. The number of benzene rings is 3. The van der Waals surface area contributed by atoms with Crippen molar-refractivity contribution in [3.05, 3.63) is 72.0 Å². The maximum Gasteiger partial charge on any atom is 0.246 e. The molecule has 5 rings (SSSR count). The lowest BCUT2D eigenvalue weighted by Crippen LogP contribution is -2.56. The average molecular weight is 438 g/mol. The number of carbonyl (C=O) groups excluding carboxylic acids is 1. The predicted octanol–water partition coefficient (Wildman–Crippen LogP) is 5.72. The highest BCUT2D eigenvalue weighted by Gasteiger charge is 2.30. The van der Waals surface area contributed by atoms with Crippen LogP contribution in [0.4, 0.5) is 9.39 Å². The summed E-state index contributed by atoms with van der Waals surface area (Å²) in [5, 5.41) is 7.07. The summed E-state index contributed by atoms with van der Waals surface area (Å²) in [6.45, 7) is 4.66. The number of hydrogen-bond donors (Lipinski definition) is 1. The van der Waals surface area contributed by atoms with Gasteiger partial charge in [0.05, 0.1) is 11.1 Å². The van der Waals surface area contributed by atoms with Gasteiger partial charge in [0, 0.05) is 24.0 Å². The summed E-state index contributed by atoms with van der Waals surface area (Å²) < 4.78 is 19.9. The quantitative estimate of drug-likeness (QED) is 0.415. The number of nitrogens with one attached hydrogen (secondary N) is 1. The van der Waals surface area contributed by atoms with E-state index in [1.54, 1.807) is 11.0 Å². The van der Waals surface area contributed by atoms with Crippen LogP contribution < -0.4 is 5.32 Å². The molecule has 3 aromatic carbocycles. The van der Waals surface area contributed by atoms with E-state index in [1.807, 2.05) is 42.5 Å². The van der Waals surface area contributed by atoms with E-state index < -0.39 is 5.82 Å². The normalized spacial score (nSPS) is 14.1. The van der Waals surface area contributed by atoms with Crippen molar-refractivity contribution in [1.29, 1.82) is 0 Å². The number of anilines is 1. The molecule has 4 aromatic rings. The van der Waals surface area contributed by atoms with Crippen LogP contribution in [0.3, 0.4) is 0 Å². The topological polar surface area (TPSA) is 45.2 Å². The summed E-state index contributed by atoms with van der Waals surface area (Å²) in [5.41, 5.74) is 1.41. The number of carbonyl (C=O) groups is 1. The first-order valence-corrected chi connectivity index (χ1v) is 10.7. The lowest BCUT2D eigenvalue weighted by molar-refractivity contribution is -0.129. The molecular weight excluding hydrogens is 421 g/mol. The van der Waals surface area contributed by atoms with E-state index in [-0.39, 0.29) is 11.9 Å². The average Bonchev–Trinajstić information content (AvgIpc) is 3.12. The molecule has 30 heavy (non-hydrogen) atoms. The standard InChI is InChI=1S/C23H17ClFN3OS/c1-2-19(29)28-11-14(12-28)26-23-17-10-18(24)20(21(25)22(17)27-30-23)16-9-5-7-13-6-3-4-8-15(13)16/h2-10,14,26H,1,11-12H2. The van der Waals surface area contributed by atoms with E-state index in [0.29, 0.717) is 34.6 Å². The van der Waals surface area contributed by atoms with Crippen molar-refractivity contribution >= 4 is 55.7 Å². The van der Waals surface area contributed by atoms with Gasteiger partial charge in [-0.15, -0.1) is 0 Å². The third-order valence-electron chi connectivity index (χ3n) is 5.43. The van der Waals surface area contributed by atoms with E-state index in [4.69, 9.17) is 11.6 Å². The Kier molecular flexibility index (Phi) is 4.68. The van der Waals surface area contributed by atoms with Gasteiger partial charge in [0.1, 0.15) is 10.5 Å². The Morgan fingerprint density at radius 3 is 2.80 bits per heavy atom. The second-order valence-electron chi connectivity index (χ2n) is 7.27. The van der Waals surface area contributed by atoms with Crippen LogP contribution in [0.5, 0.6) is 0 Å². The van der Waals surface area contributed by atoms with Gasteiger partial charge in [0.25, 0.3) is 0 Å². The number of fused-ring (bicyclic) bond motifs is 2. The van der Waals surface area contributed by atoms with Crippen LogP contribution in [0.25, 0.3) is 32.8 Å². The monoisotopic (exact) mass is 437 g/mol. The van der Waals surface area contributed by atoms with Gasteiger partial charge in [-0.25, -0.2) is 4.39 Å². The van der Waals surface area contributed by atoms with Crippen LogP contribution in [0.2, 0.25) is 5.02 Å². The zero-order chi connectivity index (χ0) is 20.8. The molecule has 0 saturated carbocycles. The highest BCUT2D eigenvalue weighted by Crippen LogP contribution is 2.42. The van der Waals surface area contributed by atoms with Crippen molar-refractivity contribution in [3.8, 4) is 11.1 Å². The number of nitrogens with zero attached hydrogens (tertiary/aromatic N) is 2. The van der Waals surface area contributed by atoms with Crippen molar-refractivity contribution < 1.29 is 9.18 Å². The summed E-state index contributed by atoms with van der Waals surface area (Å²) in [5.74, 6) is -0.508. The molecule has 0 unspecified atom stereocenters. The van der Waals surface area contributed by atoms with Crippen LogP contribution >= 0.6 is 23.1 Å². The van der Waals surface area contributed by atoms with Gasteiger partial charge in [-0.2, -0.15) is 4.37 Å². The predicted molar refractivity (Wildman–Crippen MR) is 122 cm³/mol. The van der Waals surface area contributed by atoms with E-state index in [2.05, 4.69) is 16.3 Å². The minimum Gasteiger partial charge on any atom is -0.369 e. The fraction of sp³-hybridized carbons (Fsp3) is 0.130. The fourth-order valence-corrected chi connectivity index (χ4v) is 5.00. The second-order valence-corrected chi connectivity index (χ2v) is 8.45. The molecule has 1 saturated heterocycles. The number of halogens is 2. The van der Waals surface area contributed by atoms with E-state index >= 15 is 4.39 Å². The van der Waals surface area contributed by atoms with Crippen LogP contribution in [-0.4, -0.2) is 34.3 Å². The van der Waals surface area contributed by atoms with Crippen LogP contribution in [-0.2, 0) is 4.79 Å². The Labute approximate surface area is 181 Å². The highest BCUT2D eigenvalue weighted by molar-refractivity contribution is 7.11. The van der Waals surface area contributed by atoms with Gasteiger partial charge in [-0.3, -0.25) is 4.79 Å². The lowest BCUT2D eigenvalue weighted by Gasteiger charge is -2.39. The van der Waals surface area contributed by atoms with Crippen molar-refractivity contribution in [2.75, 3.05) is 18.4 Å². The van der Waals surface area contributed by atoms with E-state index in [0.717, 1.165) is 21.3 Å². The fourth-order valence-electron chi connectivity index (χ4n) is 3.87. The first-order chi connectivity index (χ1) is 14.6. The maximum atomic E-state index is 15.6. The van der Waals surface area contributed by atoms with Gasteiger partial charge in [-0.05, 0) is 40.0 Å². The smallest absolute Gasteiger partial charge is 0.246 e.